The van der Waals surface area contributed by atoms with Crippen molar-refractivity contribution in [2.24, 2.45) is 7.05 Å². The third kappa shape index (κ3) is 1.91. The van der Waals surface area contributed by atoms with E-state index >= 15 is 0 Å². The second-order valence-corrected chi connectivity index (χ2v) is 4.29. The zero-order valence-electron chi connectivity index (χ0n) is 7.70. The summed E-state index contributed by atoms with van der Waals surface area (Å²) in [6, 6.07) is 3.84. The molecular formula is C9H10ClN3S. The highest BCUT2D eigenvalue weighted by Crippen LogP contribution is 2.22. The van der Waals surface area contributed by atoms with Crippen molar-refractivity contribution in [1.29, 1.82) is 0 Å². The lowest BCUT2D eigenvalue weighted by molar-refractivity contribution is 0.769. The van der Waals surface area contributed by atoms with E-state index in [0.29, 0.717) is 0 Å². The molecule has 2 rings (SSSR count). The number of halogens is 1. The molecule has 0 unspecified atom stereocenters. The number of aryl methyl sites for hydroxylation is 1. The maximum atomic E-state index is 5.97. The Balaban J connectivity index is 2.02. The summed E-state index contributed by atoms with van der Waals surface area (Å²) in [4.78, 5) is 1.15. The van der Waals surface area contributed by atoms with Gasteiger partial charge in [0.2, 0.25) is 0 Å². The first-order valence-corrected chi connectivity index (χ1v) is 5.47. The minimum absolute atomic E-state index is 0.746. The molecule has 14 heavy (non-hydrogen) atoms. The third-order valence-corrected chi connectivity index (χ3v) is 3.33. The van der Waals surface area contributed by atoms with Crippen LogP contribution in [0.15, 0.2) is 23.7 Å². The molecule has 0 radical (unpaired) electrons. The summed E-state index contributed by atoms with van der Waals surface area (Å²) in [5.41, 5.74) is 0. The van der Waals surface area contributed by atoms with Crippen molar-refractivity contribution in [3.63, 3.8) is 0 Å². The fourth-order valence-corrected chi connectivity index (χ4v) is 2.21. The summed E-state index contributed by atoms with van der Waals surface area (Å²) in [6.07, 6.45) is 1.76. The van der Waals surface area contributed by atoms with Crippen LogP contribution in [0.3, 0.4) is 0 Å². The second kappa shape index (κ2) is 4.02. The van der Waals surface area contributed by atoms with Crippen LogP contribution in [0.5, 0.6) is 0 Å². The van der Waals surface area contributed by atoms with Gasteiger partial charge in [0.15, 0.2) is 0 Å². The van der Waals surface area contributed by atoms with Crippen LogP contribution in [0.1, 0.15) is 4.88 Å². The Morgan fingerprint density at radius 2 is 2.43 bits per heavy atom. The van der Waals surface area contributed by atoms with Crippen LogP contribution in [0.25, 0.3) is 0 Å². The van der Waals surface area contributed by atoms with Gasteiger partial charge in [-0.05, 0) is 11.4 Å². The highest BCUT2D eigenvalue weighted by atomic mass is 35.5. The van der Waals surface area contributed by atoms with E-state index in [1.54, 1.807) is 22.2 Å². The third-order valence-electron chi connectivity index (χ3n) is 1.94. The van der Waals surface area contributed by atoms with Crippen LogP contribution in [-0.4, -0.2) is 9.78 Å². The average molecular weight is 228 g/mol. The number of hydrogen-bond donors (Lipinski definition) is 1. The maximum Gasteiger partial charge on any atom is 0.124 e. The largest absolute Gasteiger partial charge is 0.365 e. The van der Waals surface area contributed by atoms with Gasteiger partial charge in [0.1, 0.15) is 5.82 Å². The predicted octanol–water partition coefficient (Wildman–Crippen LogP) is 2.75. The summed E-state index contributed by atoms with van der Waals surface area (Å²) in [7, 11) is 1.90. The van der Waals surface area contributed by atoms with Crippen molar-refractivity contribution in [2.45, 2.75) is 6.54 Å². The van der Waals surface area contributed by atoms with Crippen LogP contribution in [0.4, 0.5) is 5.82 Å². The monoisotopic (exact) mass is 227 g/mol. The highest BCUT2D eigenvalue weighted by molar-refractivity contribution is 7.10. The molecule has 0 spiro atoms. The molecule has 1 N–H and O–H groups in total. The zero-order chi connectivity index (χ0) is 9.97. The van der Waals surface area contributed by atoms with Crippen molar-refractivity contribution in [3.8, 4) is 0 Å². The van der Waals surface area contributed by atoms with Gasteiger partial charge >= 0.3 is 0 Å². The topological polar surface area (TPSA) is 29.9 Å². The van der Waals surface area contributed by atoms with Gasteiger partial charge in [-0.2, -0.15) is 5.10 Å². The quantitative estimate of drug-likeness (QED) is 0.874. The molecule has 0 fully saturated rings. The van der Waals surface area contributed by atoms with E-state index in [4.69, 9.17) is 11.6 Å². The molecule has 0 atom stereocenters. The molecule has 0 saturated heterocycles. The van der Waals surface area contributed by atoms with Crippen molar-refractivity contribution >= 4 is 28.8 Å². The lowest BCUT2D eigenvalue weighted by atomic mass is 10.4. The standard InChI is InChI=1S/C9H10ClN3S/c1-13-9(2-4-12-13)11-6-8-7(10)3-5-14-8/h2-5,11H,6H2,1H3. The summed E-state index contributed by atoms with van der Waals surface area (Å²) >= 11 is 7.62. The van der Waals surface area contributed by atoms with Crippen molar-refractivity contribution < 1.29 is 0 Å². The predicted molar refractivity (Wildman–Crippen MR) is 59.9 cm³/mol. The molecule has 2 heterocycles. The molecule has 0 aliphatic carbocycles. The maximum absolute atomic E-state index is 5.97. The van der Waals surface area contributed by atoms with Gasteiger partial charge in [0.05, 0.1) is 17.8 Å². The molecule has 0 aliphatic rings. The molecule has 0 aliphatic heterocycles. The number of hydrogen-bond acceptors (Lipinski definition) is 3. The molecule has 3 nitrogen and oxygen atoms in total. The summed E-state index contributed by atoms with van der Waals surface area (Å²) < 4.78 is 1.79. The molecule has 0 saturated carbocycles. The number of anilines is 1. The van der Waals surface area contributed by atoms with Crippen LogP contribution in [-0.2, 0) is 13.6 Å². The van der Waals surface area contributed by atoms with Crippen LogP contribution in [0, 0.1) is 0 Å². The van der Waals surface area contributed by atoms with E-state index < -0.39 is 0 Å². The first kappa shape index (κ1) is 9.55. The minimum atomic E-state index is 0.746. The molecular weight excluding hydrogens is 218 g/mol. The number of rotatable bonds is 3. The number of thiophene rings is 1. The van der Waals surface area contributed by atoms with Crippen molar-refractivity contribution in [2.75, 3.05) is 5.32 Å². The molecule has 5 heteroatoms. The Labute approximate surface area is 91.3 Å². The lowest BCUT2D eigenvalue weighted by Gasteiger charge is -2.04. The Kier molecular flexibility index (Phi) is 2.74. The van der Waals surface area contributed by atoms with E-state index in [2.05, 4.69) is 10.4 Å². The Bertz CT molecular complexity index is 381. The van der Waals surface area contributed by atoms with E-state index in [1.165, 1.54) is 0 Å². The fourth-order valence-electron chi connectivity index (χ4n) is 1.17. The van der Waals surface area contributed by atoms with Gasteiger partial charge in [0.25, 0.3) is 0 Å². The lowest BCUT2D eigenvalue weighted by Crippen LogP contribution is -2.03. The van der Waals surface area contributed by atoms with Gasteiger partial charge in [-0.3, -0.25) is 4.68 Å². The molecule has 74 valence electrons. The SMILES string of the molecule is Cn1nccc1NCc1sccc1Cl. The first-order chi connectivity index (χ1) is 6.77. The molecule has 0 amide bonds. The van der Waals surface area contributed by atoms with Gasteiger partial charge in [0, 0.05) is 18.0 Å². The molecule has 0 bridgehead atoms. The Morgan fingerprint density at radius 3 is 3.00 bits per heavy atom. The minimum Gasteiger partial charge on any atom is -0.365 e. The number of nitrogens with one attached hydrogen (secondary N) is 1. The van der Waals surface area contributed by atoms with Gasteiger partial charge < -0.3 is 5.32 Å². The van der Waals surface area contributed by atoms with E-state index in [9.17, 15) is 0 Å². The van der Waals surface area contributed by atoms with E-state index in [-0.39, 0.29) is 0 Å². The van der Waals surface area contributed by atoms with Crippen LogP contribution in [0.2, 0.25) is 5.02 Å². The summed E-state index contributed by atoms with van der Waals surface area (Å²) in [6.45, 7) is 0.746. The van der Waals surface area contributed by atoms with Gasteiger partial charge in [-0.1, -0.05) is 11.6 Å². The van der Waals surface area contributed by atoms with Crippen molar-refractivity contribution in [1.82, 2.24) is 9.78 Å². The number of nitrogens with zero attached hydrogens (tertiary/aromatic N) is 2. The van der Waals surface area contributed by atoms with Gasteiger partial charge in [-0.25, -0.2) is 0 Å². The fraction of sp³-hybridized carbons (Fsp3) is 0.222. The van der Waals surface area contributed by atoms with Crippen molar-refractivity contribution in [3.05, 3.63) is 33.6 Å². The Hall–Kier alpha value is -1.00. The van der Waals surface area contributed by atoms with Gasteiger partial charge in [-0.15, -0.1) is 11.3 Å². The number of aromatic nitrogens is 2. The van der Waals surface area contributed by atoms with Crippen LogP contribution < -0.4 is 5.32 Å². The molecule has 2 aromatic heterocycles. The summed E-state index contributed by atoms with van der Waals surface area (Å²) in [5, 5.41) is 10.1. The second-order valence-electron chi connectivity index (χ2n) is 2.89. The Morgan fingerprint density at radius 1 is 1.57 bits per heavy atom. The molecule has 0 aromatic carbocycles. The summed E-state index contributed by atoms with van der Waals surface area (Å²) in [5.74, 6) is 0.995. The molecule has 2 aromatic rings. The normalized spacial score (nSPS) is 10.4. The van der Waals surface area contributed by atoms with Crippen LogP contribution >= 0.6 is 22.9 Å². The first-order valence-electron chi connectivity index (χ1n) is 4.21. The van der Waals surface area contributed by atoms with E-state index in [1.807, 2.05) is 24.6 Å². The highest BCUT2D eigenvalue weighted by Gasteiger charge is 2.02. The smallest absolute Gasteiger partial charge is 0.124 e. The zero-order valence-corrected chi connectivity index (χ0v) is 9.27. The van der Waals surface area contributed by atoms with E-state index in [0.717, 1.165) is 22.3 Å². The average Bonchev–Trinajstić information content (AvgIpc) is 2.72.